The van der Waals surface area contributed by atoms with Crippen molar-refractivity contribution in [3.05, 3.63) is 91.5 Å². The van der Waals surface area contributed by atoms with Crippen LogP contribution in [-0.2, 0) is 12.8 Å². The lowest BCUT2D eigenvalue weighted by molar-refractivity contribution is 0.449. The Kier molecular flexibility index (Phi) is 13.5. The lowest BCUT2D eigenvalue weighted by Crippen LogP contribution is -2.03. The predicted octanol–water partition coefficient (Wildman–Crippen LogP) is 18.9. The summed E-state index contributed by atoms with van der Waals surface area (Å²) in [5, 5.41) is 19.1. The Morgan fingerprint density at radius 2 is 0.867 bits per heavy atom. The molecule has 0 aromatic carbocycles. The topological polar surface area (TPSA) is 56.3 Å². The number of allylic oxidation sites excluding steroid dienone is 2. The summed E-state index contributed by atoms with van der Waals surface area (Å²) >= 11 is 14.7. The van der Waals surface area contributed by atoms with Crippen LogP contribution in [-0.4, -0.2) is 0 Å². The molecule has 8 rings (SSSR count). The van der Waals surface area contributed by atoms with Gasteiger partial charge in [-0.3, -0.25) is 0 Å². The third-order valence-corrected chi connectivity index (χ3v) is 21.6. The van der Waals surface area contributed by atoms with Crippen LogP contribution in [0.25, 0.3) is 88.7 Å². The average Bonchev–Trinajstić information content (AvgIpc) is 4.12. The SMILES string of the molecule is [C-]#[N+]/C(C#N)=C\c1sc(-c2cc3sc4cc(-c5cc6sc7cc(-c8cc(CC(CC)CCCC)c(/C=C(\C#N)[N+]#[C-])s8)sc7c6s5)sc4c3s2)cc1CC(CC)CCCC. The van der Waals surface area contributed by atoms with E-state index >= 15 is 0 Å². The molecule has 0 spiro atoms. The molecule has 2 unspecified atom stereocenters. The molecule has 0 radical (unpaired) electrons. The third-order valence-electron chi connectivity index (χ3n) is 11.2. The molecule has 0 aliphatic heterocycles. The highest BCUT2D eigenvalue weighted by Gasteiger charge is 2.22. The van der Waals surface area contributed by atoms with E-state index in [1.54, 1.807) is 34.8 Å². The number of unbranched alkanes of at least 4 members (excludes halogenated alkanes) is 2. The molecule has 0 aliphatic carbocycles. The minimum absolute atomic E-state index is 0.144. The van der Waals surface area contributed by atoms with Gasteiger partial charge in [-0.25, -0.2) is 20.2 Å². The van der Waals surface area contributed by atoms with Crippen LogP contribution in [0.5, 0.6) is 0 Å². The smallest absolute Gasteiger partial charge is 0.227 e. The standard InChI is InChI=1S/C48H42N4S8/c1-7-11-13-27(9-3)15-29-17-35(53-33(29)19-31(25-49)51-5)37-21-41-45(57-37)47-43(55-41)23-39(59-47)40-24-44-48(60-40)46-42(56-44)22-38(58-46)36-18-30(16-28(10-4)14-12-8-2)34(54-36)20-32(26-50)52-6/h17-24,27-28H,7-16H2,1-4H3/b31-19-,32-20+. The van der Waals surface area contributed by atoms with Crippen molar-refractivity contribution in [3.63, 3.8) is 0 Å². The number of hydrogen-bond acceptors (Lipinski definition) is 10. The van der Waals surface area contributed by atoms with Crippen LogP contribution >= 0.6 is 90.7 Å². The molecule has 0 fully saturated rings. The first-order valence-corrected chi connectivity index (χ1v) is 27.0. The summed E-state index contributed by atoms with van der Waals surface area (Å²) in [5.74, 6) is 1.19. The van der Waals surface area contributed by atoms with Gasteiger partial charge in [0.2, 0.25) is 0 Å². The molecule has 12 heteroatoms. The molecule has 8 aromatic heterocycles. The van der Waals surface area contributed by atoms with Gasteiger partial charge in [0.05, 0.1) is 44.1 Å². The number of fused-ring (bicyclic) bond motifs is 6. The molecule has 0 saturated carbocycles. The van der Waals surface area contributed by atoms with E-state index in [1.807, 2.05) is 68.0 Å². The number of rotatable bonds is 17. The molecule has 4 nitrogen and oxygen atoms in total. The fourth-order valence-corrected chi connectivity index (χ4v) is 18.3. The van der Waals surface area contributed by atoms with Crippen molar-refractivity contribution in [1.82, 2.24) is 0 Å². The summed E-state index contributed by atoms with van der Waals surface area (Å²) in [6.07, 6.45) is 15.0. The molecule has 2 atom stereocenters. The highest BCUT2D eigenvalue weighted by atomic mass is 32.1. The van der Waals surface area contributed by atoms with Gasteiger partial charge in [-0.15, -0.1) is 90.7 Å². The maximum atomic E-state index is 9.57. The summed E-state index contributed by atoms with van der Waals surface area (Å²) in [6, 6.07) is 18.3. The molecule has 0 bridgehead atoms. The lowest BCUT2D eigenvalue weighted by Gasteiger charge is -2.14. The third kappa shape index (κ3) is 8.73. The van der Waals surface area contributed by atoms with Gasteiger partial charge in [-0.1, -0.05) is 79.1 Å². The Morgan fingerprint density at radius 1 is 0.533 bits per heavy atom. The molecule has 0 saturated heterocycles. The van der Waals surface area contributed by atoms with E-state index in [2.05, 4.69) is 85.9 Å². The van der Waals surface area contributed by atoms with Gasteiger partial charge in [-0.2, -0.15) is 0 Å². The van der Waals surface area contributed by atoms with E-state index < -0.39 is 0 Å². The number of hydrogen-bond donors (Lipinski definition) is 0. The predicted molar refractivity (Wildman–Crippen MR) is 270 cm³/mol. The number of nitriles is 2. The van der Waals surface area contributed by atoms with Crippen molar-refractivity contribution < 1.29 is 0 Å². The summed E-state index contributed by atoms with van der Waals surface area (Å²) in [4.78, 5) is 16.7. The van der Waals surface area contributed by atoms with Crippen molar-refractivity contribution in [2.45, 2.75) is 91.9 Å². The van der Waals surface area contributed by atoms with E-state index in [0.29, 0.717) is 11.8 Å². The van der Waals surface area contributed by atoms with Crippen LogP contribution in [0.3, 0.4) is 0 Å². The van der Waals surface area contributed by atoms with Gasteiger partial charge in [0.15, 0.2) is 0 Å². The zero-order chi connectivity index (χ0) is 41.9. The largest absolute Gasteiger partial charge is 0.263 e. The molecule has 0 aliphatic rings. The average molecular weight is 931 g/mol. The molecule has 8 aromatic rings. The Bertz CT molecular complexity index is 2830. The summed E-state index contributed by atoms with van der Waals surface area (Å²) < 4.78 is 10.7. The highest BCUT2D eigenvalue weighted by molar-refractivity contribution is 7.43. The Morgan fingerprint density at radius 3 is 1.15 bits per heavy atom. The second-order valence-corrected chi connectivity index (χ2v) is 23.7. The van der Waals surface area contributed by atoms with Crippen LogP contribution in [0.1, 0.15) is 99.9 Å². The molecule has 60 heavy (non-hydrogen) atoms. The van der Waals surface area contributed by atoms with E-state index in [1.165, 1.54) is 117 Å². The van der Waals surface area contributed by atoms with Crippen molar-refractivity contribution in [1.29, 1.82) is 10.5 Å². The molecular weight excluding hydrogens is 889 g/mol. The molecule has 0 N–H and O–H groups in total. The summed E-state index contributed by atoms with van der Waals surface area (Å²) in [7, 11) is 0. The quantitative estimate of drug-likeness (QED) is 0.0675. The Hall–Kier alpha value is -3.92. The van der Waals surface area contributed by atoms with Gasteiger partial charge in [-0.05, 0) is 84.4 Å². The first-order chi connectivity index (χ1) is 29.3. The van der Waals surface area contributed by atoms with Crippen molar-refractivity contribution in [2.24, 2.45) is 11.8 Å². The highest BCUT2D eigenvalue weighted by Crippen LogP contribution is 2.53. The Balaban J connectivity index is 1.09. The van der Waals surface area contributed by atoms with Crippen molar-refractivity contribution in [2.75, 3.05) is 0 Å². The van der Waals surface area contributed by atoms with Crippen molar-refractivity contribution in [3.8, 4) is 41.4 Å². The summed E-state index contributed by atoms with van der Waals surface area (Å²) in [5.41, 5.74) is 2.81. The van der Waals surface area contributed by atoms with Gasteiger partial charge < -0.3 is 0 Å². The second kappa shape index (κ2) is 19.0. The Labute approximate surface area is 384 Å². The normalized spacial score (nSPS) is 13.3. The minimum atomic E-state index is 0.144. The maximum absolute atomic E-state index is 9.57. The summed E-state index contributed by atoms with van der Waals surface area (Å²) in [6.45, 7) is 24.0. The van der Waals surface area contributed by atoms with Crippen LogP contribution < -0.4 is 0 Å². The number of nitrogens with zero attached hydrogens (tertiary/aromatic N) is 4. The van der Waals surface area contributed by atoms with Gasteiger partial charge in [0.25, 0.3) is 11.4 Å². The molecule has 0 amide bonds. The monoisotopic (exact) mass is 930 g/mol. The van der Waals surface area contributed by atoms with E-state index in [4.69, 9.17) is 13.1 Å². The zero-order valence-electron chi connectivity index (χ0n) is 33.9. The second-order valence-electron chi connectivity index (χ2n) is 15.2. The maximum Gasteiger partial charge on any atom is 0.263 e. The number of thiophene rings is 8. The van der Waals surface area contributed by atoms with Gasteiger partial charge in [0, 0.05) is 57.8 Å². The van der Waals surface area contributed by atoms with Crippen LogP contribution in [0.15, 0.2) is 47.8 Å². The van der Waals surface area contributed by atoms with E-state index in [-0.39, 0.29) is 11.4 Å². The molecular formula is C48H42N4S8. The van der Waals surface area contributed by atoms with Crippen LogP contribution in [0, 0.1) is 47.6 Å². The van der Waals surface area contributed by atoms with Crippen LogP contribution in [0.2, 0.25) is 0 Å². The van der Waals surface area contributed by atoms with Gasteiger partial charge in [0.1, 0.15) is 0 Å². The molecule has 8 heterocycles. The lowest BCUT2D eigenvalue weighted by atomic mass is 9.92. The minimum Gasteiger partial charge on any atom is -0.227 e. The fourth-order valence-electron chi connectivity index (χ4n) is 7.78. The van der Waals surface area contributed by atoms with Crippen molar-refractivity contribution >= 4 is 140 Å². The van der Waals surface area contributed by atoms with Gasteiger partial charge >= 0.3 is 0 Å². The van der Waals surface area contributed by atoms with Crippen LogP contribution in [0.4, 0.5) is 0 Å². The first kappa shape index (κ1) is 42.8. The van der Waals surface area contributed by atoms with E-state index in [9.17, 15) is 10.5 Å². The van der Waals surface area contributed by atoms with E-state index in [0.717, 1.165) is 35.4 Å². The first-order valence-electron chi connectivity index (χ1n) is 20.5. The fraction of sp³-hybridized carbons (Fsp3) is 0.333. The molecule has 302 valence electrons. The zero-order valence-corrected chi connectivity index (χ0v) is 40.4.